The molecule has 0 saturated carbocycles. The minimum Gasteiger partial charge on any atom is -0.497 e. The molecule has 0 saturated heterocycles. The van der Waals surface area contributed by atoms with Crippen molar-refractivity contribution < 1.29 is 19.3 Å². The summed E-state index contributed by atoms with van der Waals surface area (Å²) in [6.07, 6.45) is 0.377. The van der Waals surface area contributed by atoms with Crippen LogP contribution < -0.4 is 9.47 Å². The van der Waals surface area contributed by atoms with Gasteiger partial charge in [-0.2, -0.15) is 5.10 Å². The number of hydrogen-bond donors (Lipinski definition) is 1. The van der Waals surface area contributed by atoms with Gasteiger partial charge in [0.2, 0.25) is 5.88 Å². The number of aryl methyl sites for hydroxylation is 1. The molecule has 7 nitrogen and oxygen atoms in total. The highest BCUT2D eigenvalue weighted by atomic mass is 16.5. The Hall–Kier alpha value is -2.87. The van der Waals surface area contributed by atoms with Gasteiger partial charge in [0.15, 0.2) is 0 Å². The third-order valence-electron chi connectivity index (χ3n) is 6.18. The third kappa shape index (κ3) is 7.56. The van der Waals surface area contributed by atoms with E-state index in [4.69, 9.17) is 19.3 Å². The Bertz CT molecular complexity index is 1070. The van der Waals surface area contributed by atoms with Gasteiger partial charge in [0.05, 0.1) is 36.8 Å². The second-order valence-corrected chi connectivity index (χ2v) is 9.67. The lowest BCUT2D eigenvalue weighted by Crippen LogP contribution is -2.40. The van der Waals surface area contributed by atoms with E-state index in [2.05, 4.69) is 32.6 Å². The Kier molecular flexibility index (Phi) is 10.3. The van der Waals surface area contributed by atoms with Crippen LogP contribution in [0.4, 0.5) is 0 Å². The number of nitrogens with zero attached hydrogens (tertiary/aromatic N) is 3. The number of rotatable bonds is 14. The Morgan fingerprint density at radius 2 is 1.72 bits per heavy atom. The van der Waals surface area contributed by atoms with Crippen molar-refractivity contribution in [2.75, 3.05) is 26.9 Å². The highest BCUT2D eigenvalue weighted by Gasteiger charge is 2.25. The van der Waals surface area contributed by atoms with Crippen molar-refractivity contribution in [2.24, 2.45) is 5.92 Å². The van der Waals surface area contributed by atoms with Gasteiger partial charge >= 0.3 is 0 Å². The van der Waals surface area contributed by atoms with Crippen molar-refractivity contribution in [1.29, 1.82) is 0 Å². The van der Waals surface area contributed by atoms with Gasteiger partial charge in [-0.05, 0) is 50.5 Å². The molecule has 2 atom stereocenters. The minimum atomic E-state index is -0.579. The SMILES string of the molecule is CC[C@H](C)N(Cc1c(C)nn(-c2ccccc2)c1Oc1cccc(OC)c1)C[C@H](O)COCC(C)C. The van der Waals surface area contributed by atoms with Crippen molar-refractivity contribution in [2.45, 2.75) is 59.7 Å². The lowest BCUT2D eigenvalue weighted by atomic mass is 10.1. The fourth-order valence-corrected chi connectivity index (χ4v) is 3.97. The van der Waals surface area contributed by atoms with Gasteiger partial charge in [-0.15, -0.1) is 0 Å². The number of para-hydroxylation sites is 1. The molecular weight excluding hydrogens is 454 g/mol. The van der Waals surface area contributed by atoms with Crippen LogP contribution in [-0.4, -0.2) is 58.8 Å². The van der Waals surface area contributed by atoms with Crippen LogP contribution in [0.3, 0.4) is 0 Å². The van der Waals surface area contributed by atoms with Gasteiger partial charge in [0.1, 0.15) is 11.5 Å². The monoisotopic (exact) mass is 495 g/mol. The van der Waals surface area contributed by atoms with Crippen LogP contribution in [0.25, 0.3) is 5.69 Å². The molecule has 3 aromatic rings. The summed E-state index contributed by atoms with van der Waals surface area (Å²) < 4.78 is 19.4. The van der Waals surface area contributed by atoms with Crippen molar-refractivity contribution in [3.05, 3.63) is 65.9 Å². The van der Waals surface area contributed by atoms with E-state index in [1.165, 1.54) is 0 Å². The summed E-state index contributed by atoms with van der Waals surface area (Å²) in [5.41, 5.74) is 2.79. The summed E-state index contributed by atoms with van der Waals surface area (Å²) in [5.74, 6) is 2.49. The van der Waals surface area contributed by atoms with Gasteiger partial charge in [0, 0.05) is 31.8 Å². The predicted molar refractivity (Wildman–Crippen MR) is 143 cm³/mol. The number of aliphatic hydroxyl groups is 1. The molecule has 196 valence electrons. The van der Waals surface area contributed by atoms with E-state index >= 15 is 0 Å². The van der Waals surface area contributed by atoms with Gasteiger partial charge < -0.3 is 19.3 Å². The van der Waals surface area contributed by atoms with E-state index in [0.29, 0.717) is 43.9 Å². The molecule has 7 heteroatoms. The van der Waals surface area contributed by atoms with Crippen LogP contribution >= 0.6 is 0 Å². The standard InChI is InChI=1S/C29H41N3O4/c1-7-22(4)31(17-25(33)20-35-19-21(2)3)18-28-23(5)30-32(24-12-9-8-10-13-24)29(28)36-27-15-11-14-26(16-27)34-6/h8-16,21-22,25,33H,7,17-20H2,1-6H3/t22-,25-/m0/s1. The van der Waals surface area contributed by atoms with Crippen LogP contribution in [0.15, 0.2) is 54.6 Å². The van der Waals surface area contributed by atoms with E-state index in [1.54, 1.807) is 7.11 Å². The molecular formula is C29H41N3O4. The first-order valence-corrected chi connectivity index (χ1v) is 12.8. The first kappa shape index (κ1) is 27.7. The van der Waals surface area contributed by atoms with Crippen LogP contribution in [0.5, 0.6) is 17.4 Å². The van der Waals surface area contributed by atoms with Gasteiger partial charge in [-0.1, -0.05) is 45.0 Å². The number of hydrogen-bond acceptors (Lipinski definition) is 6. The predicted octanol–water partition coefficient (Wildman–Crippen LogP) is 5.62. The van der Waals surface area contributed by atoms with Crippen molar-refractivity contribution in [3.8, 4) is 23.1 Å². The van der Waals surface area contributed by atoms with Gasteiger partial charge in [0.25, 0.3) is 0 Å². The quantitative estimate of drug-likeness (QED) is 0.313. The third-order valence-corrected chi connectivity index (χ3v) is 6.18. The fourth-order valence-electron chi connectivity index (χ4n) is 3.97. The molecule has 0 fully saturated rings. The second-order valence-electron chi connectivity index (χ2n) is 9.67. The van der Waals surface area contributed by atoms with Crippen molar-refractivity contribution in [3.63, 3.8) is 0 Å². The largest absolute Gasteiger partial charge is 0.497 e. The van der Waals surface area contributed by atoms with Gasteiger partial charge in [-0.3, -0.25) is 4.90 Å². The van der Waals surface area contributed by atoms with Crippen LogP contribution in [0.2, 0.25) is 0 Å². The molecule has 0 radical (unpaired) electrons. The molecule has 0 bridgehead atoms. The highest BCUT2D eigenvalue weighted by molar-refractivity contribution is 5.44. The molecule has 0 spiro atoms. The molecule has 1 N–H and O–H groups in total. The molecule has 0 aliphatic carbocycles. The lowest BCUT2D eigenvalue weighted by molar-refractivity contribution is -0.0000190. The van der Waals surface area contributed by atoms with E-state index in [0.717, 1.165) is 29.1 Å². The van der Waals surface area contributed by atoms with Crippen molar-refractivity contribution >= 4 is 0 Å². The average Bonchev–Trinajstić information content (AvgIpc) is 3.18. The van der Waals surface area contributed by atoms with E-state index < -0.39 is 6.10 Å². The van der Waals surface area contributed by atoms with E-state index in [9.17, 15) is 5.11 Å². The van der Waals surface area contributed by atoms with Crippen LogP contribution in [0, 0.1) is 12.8 Å². The Morgan fingerprint density at radius 3 is 2.39 bits per heavy atom. The number of aromatic nitrogens is 2. The summed E-state index contributed by atoms with van der Waals surface area (Å²) in [6, 6.07) is 17.8. The molecule has 2 aromatic carbocycles. The van der Waals surface area contributed by atoms with Crippen LogP contribution in [0.1, 0.15) is 45.4 Å². The summed E-state index contributed by atoms with van der Waals surface area (Å²) in [7, 11) is 1.64. The highest BCUT2D eigenvalue weighted by Crippen LogP contribution is 2.33. The summed E-state index contributed by atoms with van der Waals surface area (Å²) in [6.45, 7) is 12.6. The Labute approximate surface area is 215 Å². The Morgan fingerprint density at radius 1 is 1.00 bits per heavy atom. The van der Waals surface area contributed by atoms with E-state index in [-0.39, 0.29) is 6.04 Å². The Balaban J connectivity index is 1.93. The maximum atomic E-state index is 10.7. The minimum absolute atomic E-state index is 0.258. The van der Waals surface area contributed by atoms with Crippen LogP contribution in [-0.2, 0) is 11.3 Å². The molecule has 1 aromatic heterocycles. The lowest BCUT2D eigenvalue weighted by Gasteiger charge is -2.30. The number of aliphatic hydroxyl groups excluding tert-OH is 1. The first-order valence-electron chi connectivity index (χ1n) is 12.8. The maximum Gasteiger partial charge on any atom is 0.227 e. The number of benzene rings is 2. The molecule has 0 amide bonds. The topological polar surface area (TPSA) is 69.0 Å². The summed E-state index contributed by atoms with van der Waals surface area (Å²) >= 11 is 0. The zero-order chi connectivity index (χ0) is 26.1. The zero-order valence-electron chi connectivity index (χ0n) is 22.5. The first-order chi connectivity index (χ1) is 17.3. The summed E-state index contributed by atoms with van der Waals surface area (Å²) in [4.78, 5) is 2.28. The number of ether oxygens (including phenoxy) is 3. The molecule has 0 aliphatic rings. The molecule has 1 heterocycles. The second kappa shape index (κ2) is 13.4. The maximum absolute atomic E-state index is 10.7. The summed E-state index contributed by atoms with van der Waals surface area (Å²) in [5, 5.41) is 15.6. The fraction of sp³-hybridized carbons (Fsp3) is 0.483. The molecule has 3 rings (SSSR count). The molecule has 0 unspecified atom stereocenters. The molecule has 0 aliphatic heterocycles. The average molecular weight is 496 g/mol. The molecule has 36 heavy (non-hydrogen) atoms. The van der Waals surface area contributed by atoms with Crippen molar-refractivity contribution in [1.82, 2.24) is 14.7 Å². The van der Waals surface area contributed by atoms with E-state index in [1.807, 2.05) is 66.2 Å². The number of methoxy groups -OCH3 is 1. The van der Waals surface area contributed by atoms with Gasteiger partial charge in [-0.25, -0.2) is 4.68 Å². The smallest absolute Gasteiger partial charge is 0.227 e. The zero-order valence-corrected chi connectivity index (χ0v) is 22.5. The normalized spacial score (nSPS) is 13.2.